The molecule has 0 bridgehead atoms. The number of hydrogen-bond acceptors (Lipinski definition) is 8. The van der Waals surface area contributed by atoms with Gasteiger partial charge in [0.1, 0.15) is 6.61 Å². The Hall–Kier alpha value is -2.53. The van der Waals surface area contributed by atoms with Gasteiger partial charge in [-0.15, -0.1) is 0 Å². The zero-order chi connectivity index (χ0) is 20.4. The van der Waals surface area contributed by atoms with Gasteiger partial charge >= 0.3 is 17.9 Å². The first kappa shape index (κ1) is 25.7. The minimum atomic E-state index is -1.06. The van der Waals surface area contributed by atoms with Crippen LogP contribution in [0.4, 0.5) is 0 Å². The highest BCUT2D eigenvalue weighted by molar-refractivity contribution is 5.91. The van der Waals surface area contributed by atoms with Crippen molar-refractivity contribution < 1.29 is 49.4 Å². The van der Waals surface area contributed by atoms with Crippen LogP contribution in [0.15, 0.2) is 24.3 Å². The molecule has 10 heteroatoms. The lowest BCUT2D eigenvalue weighted by Crippen LogP contribution is -2.03. The number of aromatic carboxylic acids is 2. The Morgan fingerprint density at radius 2 is 1.12 bits per heavy atom. The van der Waals surface area contributed by atoms with E-state index in [9.17, 15) is 14.4 Å². The third kappa shape index (κ3) is 16.3. The summed E-state index contributed by atoms with van der Waals surface area (Å²) in [7, 11) is 0. The lowest BCUT2D eigenvalue weighted by atomic mass is 10.1. The molecule has 0 atom stereocenters. The van der Waals surface area contributed by atoms with Gasteiger partial charge in [0.25, 0.3) is 0 Å². The van der Waals surface area contributed by atoms with Crippen molar-refractivity contribution >= 4 is 17.9 Å². The molecule has 0 saturated heterocycles. The quantitative estimate of drug-likeness (QED) is 0.297. The summed E-state index contributed by atoms with van der Waals surface area (Å²) in [6, 6.07) is 5.02. The van der Waals surface area contributed by atoms with Gasteiger partial charge in [0.05, 0.1) is 44.2 Å². The Morgan fingerprint density at radius 1 is 0.769 bits per heavy atom. The van der Waals surface area contributed by atoms with Crippen LogP contribution in [0.5, 0.6) is 0 Å². The summed E-state index contributed by atoms with van der Waals surface area (Å²) in [6.07, 6.45) is 0. The van der Waals surface area contributed by atoms with Crippen molar-refractivity contribution in [2.75, 3.05) is 39.6 Å². The fourth-order valence-electron chi connectivity index (χ4n) is 1.18. The zero-order valence-electron chi connectivity index (χ0n) is 14.3. The molecule has 0 aromatic heterocycles. The molecule has 0 aliphatic rings. The van der Waals surface area contributed by atoms with Gasteiger partial charge in [-0.1, -0.05) is 0 Å². The van der Waals surface area contributed by atoms with Crippen LogP contribution < -0.4 is 0 Å². The molecule has 26 heavy (non-hydrogen) atoms. The molecule has 0 spiro atoms. The van der Waals surface area contributed by atoms with E-state index in [0.717, 1.165) is 0 Å². The molecule has 0 heterocycles. The van der Waals surface area contributed by atoms with Gasteiger partial charge in [0.2, 0.25) is 0 Å². The van der Waals surface area contributed by atoms with E-state index in [-0.39, 0.29) is 43.5 Å². The summed E-state index contributed by atoms with van der Waals surface area (Å²) < 4.78 is 8.93. The number of hydrogen-bond donors (Lipinski definition) is 5. The van der Waals surface area contributed by atoms with E-state index in [0.29, 0.717) is 13.2 Å². The summed E-state index contributed by atoms with van der Waals surface area (Å²) >= 11 is 0. The highest BCUT2D eigenvalue weighted by Gasteiger charge is 2.04. The van der Waals surface area contributed by atoms with Crippen molar-refractivity contribution in [2.45, 2.75) is 6.92 Å². The fraction of sp³-hybridized carbons (Fsp3) is 0.438. The minimum absolute atomic E-state index is 0.0278. The molecule has 0 aliphatic heterocycles. The first-order valence-electron chi connectivity index (χ1n) is 7.40. The maximum Gasteiger partial charge on any atom is 0.335 e. The highest BCUT2D eigenvalue weighted by atomic mass is 16.5. The lowest BCUT2D eigenvalue weighted by molar-refractivity contribution is -0.141. The molecule has 1 aromatic carbocycles. The molecule has 5 N–H and O–H groups in total. The predicted molar refractivity (Wildman–Crippen MR) is 89.1 cm³/mol. The number of aliphatic hydroxyl groups is 3. The SMILES string of the molecule is CC(=O)OCCO.O=C(O)c1ccc(C(=O)O)cc1.OCCOCCO. The van der Waals surface area contributed by atoms with Crippen molar-refractivity contribution in [1.29, 1.82) is 0 Å². The number of carboxylic acids is 2. The summed E-state index contributed by atoms with van der Waals surface area (Å²) in [4.78, 5) is 30.5. The van der Waals surface area contributed by atoms with Crippen LogP contribution in [0.25, 0.3) is 0 Å². The van der Waals surface area contributed by atoms with Gasteiger partial charge in [0.15, 0.2) is 0 Å². The second-order valence-corrected chi connectivity index (χ2v) is 4.31. The van der Waals surface area contributed by atoms with E-state index in [1.54, 1.807) is 0 Å². The summed E-state index contributed by atoms with van der Waals surface area (Å²) in [5.41, 5.74) is 0.167. The molecule has 0 unspecified atom stereocenters. The zero-order valence-corrected chi connectivity index (χ0v) is 14.3. The summed E-state index contributed by atoms with van der Waals surface area (Å²) in [5.74, 6) is -2.48. The summed E-state index contributed by atoms with van der Waals surface area (Å²) in [5, 5.41) is 41.1. The van der Waals surface area contributed by atoms with Crippen molar-refractivity contribution in [3.63, 3.8) is 0 Å². The van der Waals surface area contributed by atoms with E-state index in [2.05, 4.69) is 9.47 Å². The van der Waals surface area contributed by atoms with E-state index in [1.165, 1.54) is 31.2 Å². The number of carbonyl (C=O) groups is 3. The monoisotopic (exact) mass is 376 g/mol. The lowest BCUT2D eigenvalue weighted by Gasteiger charge is -1.94. The number of aliphatic hydroxyl groups excluding tert-OH is 3. The third-order valence-corrected chi connectivity index (χ3v) is 2.25. The van der Waals surface area contributed by atoms with Crippen molar-refractivity contribution in [3.8, 4) is 0 Å². The van der Waals surface area contributed by atoms with Crippen LogP contribution in [-0.4, -0.2) is 83.1 Å². The summed E-state index contributed by atoms with van der Waals surface area (Å²) in [6.45, 7) is 2.01. The number of benzene rings is 1. The average Bonchev–Trinajstić information content (AvgIpc) is 2.61. The largest absolute Gasteiger partial charge is 0.478 e. The third-order valence-electron chi connectivity index (χ3n) is 2.25. The molecule has 148 valence electrons. The highest BCUT2D eigenvalue weighted by Crippen LogP contribution is 2.03. The normalized spacial score (nSPS) is 9.08. The number of ether oxygens (including phenoxy) is 2. The van der Waals surface area contributed by atoms with Crippen LogP contribution in [0.1, 0.15) is 27.6 Å². The first-order valence-corrected chi connectivity index (χ1v) is 7.40. The Balaban J connectivity index is 0. The van der Waals surface area contributed by atoms with Gasteiger partial charge in [-0.3, -0.25) is 4.79 Å². The first-order chi connectivity index (χ1) is 12.3. The topological polar surface area (TPSA) is 171 Å². The van der Waals surface area contributed by atoms with E-state index >= 15 is 0 Å². The predicted octanol–water partition coefficient (Wildman–Crippen LogP) is -0.388. The Labute approximate surface area is 150 Å². The van der Waals surface area contributed by atoms with E-state index in [1.807, 2.05) is 0 Å². The molecule has 0 saturated carbocycles. The Bertz CT molecular complexity index is 475. The second-order valence-electron chi connectivity index (χ2n) is 4.31. The van der Waals surface area contributed by atoms with Crippen LogP contribution in [0, 0.1) is 0 Å². The molecule has 0 radical (unpaired) electrons. The number of carbonyl (C=O) groups excluding carboxylic acids is 1. The van der Waals surface area contributed by atoms with Gasteiger partial charge in [0, 0.05) is 6.92 Å². The van der Waals surface area contributed by atoms with Gasteiger partial charge < -0.3 is 35.0 Å². The number of esters is 1. The van der Waals surface area contributed by atoms with Gasteiger partial charge in [-0.2, -0.15) is 0 Å². The van der Waals surface area contributed by atoms with Crippen LogP contribution in [0.2, 0.25) is 0 Å². The fourth-order valence-corrected chi connectivity index (χ4v) is 1.18. The average molecular weight is 376 g/mol. The molecular formula is C16H24O10. The second kappa shape index (κ2) is 17.3. The van der Waals surface area contributed by atoms with Crippen molar-refractivity contribution in [2.24, 2.45) is 0 Å². The molecule has 1 rings (SSSR count). The molecule has 0 amide bonds. The number of rotatable bonds is 8. The van der Waals surface area contributed by atoms with Crippen molar-refractivity contribution in [3.05, 3.63) is 35.4 Å². The van der Waals surface area contributed by atoms with Crippen LogP contribution in [0.3, 0.4) is 0 Å². The molecular weight excluding hydrogens is 352 g/mol. The van der Waals surface area contributed by atoms with E-state index < -0.39 is 11.9 Å². The van der Waals surface area contributed by atoms with Crippen molar-refractivity contribution in [1.82, 2.24) is 0 Å². The number of carboxylic acid groups (broad SMARTS) is 2. The minimum Gasteiger partial charge on any atom is -0.478 e. The Kier molecular flexibility index (Phi) is 17.1. The van der Waals surface area contributed by atoms with Crippen LogP contribution >= 0.6 is 0 Å². The van der Waals surface area contributed by atoms with Gasteiger partial charge in [-0.25, -0.2) is 9.59 Å². The molecule has 1 aromatic rings. The molecule has 0 fully saturated rings. The maximum absolute atomic E-state index is 10.3. The smallest absolute Gasteiger partial charge is 0.335 e. The standard InChI is InChI=1S/C8H6O4.C4H8O3.C4H10O3/c9-7(10)5-1-2-6(4-3-5)8(11)12;1-4(6)7-3-2-5;5-1-3-7-4-2-6/h1-4H,(H,9,10)(H,11,12);5H,2-3H2,1H3;5-6H,1-4H2. The Morgan fingerprint density at radius 3 is 1.31 bits per heavy atom. The molecule has 10 nitrogen and oxygen atoms in total. The molecule has 0 aliphatic carbocycles. The maximum atomic E-state index is 10.3. The van der Waals surface area contributed by atoms with Gasteiger partial charge in [-0.05, 0) is 24.3 Å². The van der Waals surface area contributed by atoms with E-state index in [4.69, 9.17) is 25.5 Å². The van der Waals surface area contributed by atoms with Crippen LogP contribution in [-0.2, 0) is 14.3 Å².